The summed E-state index contributed by atoms with van der Waals surface area (Å²) in [6.07, 6.45) is 0. The van der Waals surface area contributed by atoms with Gasteiger partial charge in [0.2, 0.25) is 0 Å². The fourth-order valence-corrected chi connectivity index (χ4v) is 14.3. The molecule has 0 amide bonds. The predicted molar refractivity (Wildman–Crippen MR) is 310 cm³/mol. The Morgan fingerprint density at radius 3 is 1.34 bits per heavy atom. The third kappa shape index (κ3) is 6.60. The second-order valence-electron chi connectivity index (χ2n) is 20.0. The highest BCUT2D eigenvalue weighted by molar-refractivity contribution is 8.00. The Balaban J connectivity index is 1.05. The van der Waals surface area contributed by atoms with Crippen molar-refractivity contribution in [1.82, 2.24) is 0 Å². The van der Waals surface area contributed by atoms with Gasteiger partial charge in [-0.25, -0.2) is 0 Å². The molecule has 0 bridgehead atoms. The number of hydrogen-bond acceptors (Lipinski definition) is 4. The minimum Gasteiger partial charge on any atom is -0.308 e. The smallest absolute Gasteiger partial charge is 0.0601 e. The Morgan fingerprint density at radius 2 is 0.753 bits per heavy atom. The van der Waals surface area contributed by atoms with Crippen molar-refractivity contribution in [2.45, 2.75) is 38.8 Å². The van der Waals surface area contributed by atoms with Gasteiger partial charge in [-0.1, -0.05) is 189 Å². The van der Waals surface area contributed by atoms with Crippen LogP contribution in [0, 0.1) is 0 Å². The normalized spacial score (nSPS) is 13.8. The molecule has 0 N–H and O–H groups in total. The summed E-state index contributed by atoms with van der Waals surface area (Å²) >= 11 is 3.70. The van der Waals surface area contributed by atoms with Crippen LogP contribution in [0.3, 0.4) is 0 Å². The quantitative estimate of drug-likeness (QED) is 0.159. The van der Waals surface area contributed by atoms with E-state index in [0.29, 0.717) is 0 Å². The summed E-state index contributed by atoms with van der Waals surface area (Å²) in [5.41, 5.74) is 19.5. The number of hydrogen-bond donors (Lipinski definition) is 0. The first kappa shape index (κ1) is 42.4. The molecule has 344 valence electrons. The summed E-state index contributed by atoms with van der Waals surface area (Å²) in [5.74, 6) is 0. The van der Waals surface area contributed by atoms with Crippen LogP contribution in [-0.2, 0) is 5.41 Å². The number of rotatable bonds is 5. The van der Waals surface area contributed by atoms with Gasteiger partial charge in [-0.2, -0.15) is 0 Å². The molecule has 0 atom stereocenters. The summed E-state index contributed by atoms with van der Waals surface area (Å²) in [4.78, 5) is 9.94. The lowest BCUT2D eigenvalue weighted by atomic mass is 9.80. The molecule has 73 heavy (non-hydrogen) atoms. The van der Waals surface area contributed by atoms with Crippen LogP contribution in [0.2, 0.25) is 0 Å². The summed E-state index contributed by atoms with van der Waals surface area (Å²) in [7, 11) is 0. The van der Waals surface area contributed by atoms with E-state index in [-0.39, 0.29) is 5.41 Å². The van der Waals surface area contributed by atoms with Gasteiger partial charge in [-0.15, -0.1) is 0 Å². The van der Waals surface area contributed by atoms with E-state index in [0.717, 1.165) is 11.4 Å². The van der Waals surface area contributed by atoms with Crippen molar-refractivity contribution >= 4 is 90.0 Å². The summed E-state index contributed by atoms with van der Waals surface area (Å²) in [6.45, 7) is 4.78. The van der Waals surface area contributed by atoms with Crippen LogP contribution in [0.1, 0.15) is 25.0 Å². The highest BCUT2D eigenvalue weighted by Gasteiger charge is 2.36. The Hall–Kier alpha value is -8.28. The van der Waals surface area contributed by atoms with E-state index < -0.39 is 0 Å². The van der Waals surface area contributed by atoms with Crippen LogP contribution in [0.25, 0.3) is 76.8 Å². The fraction of sp³-hybridized carbons (Fsp3) is 0.0435. The molecule has 2 nitrogen and oxygen atoms in total. The third-order valence-corrected chi connectivity index (χ3v) is 17.8. The average Bonchev–Trinajstić information content (AvgIpc) is 3.67. The average molecular weight is 967 g/mol. The predicted octanol–water partition coefficient (Wildman–Crippen LogP) is 20.3. The van der Waals surface area contributed by atoms with E-state index in [9.17, 15) is 0 Å². The van der Waals surface area contributed by atoms with Gasteiger partial charge < -0.3 is 9.80 Å². The van der Waals surface area contributed by atoms with E-state index in [1.54, 1.807) is 0 Å². The first-order valence-electron chi connectivity index (χ1n) is 25.1. The zero-order chi connectivity index (χ0) is 48.4. The molecule has 0 unspecified atom stereocenters. The Morgan fingerprint density at radius 1 is 0.301 bits per heavy atom. The van der Waals surface area contributed by atoms with Crippen LogP contribution in [0.5, 0.6) is 0 Å². The maximum Gasteiger partial charge on any atom is 0.0601 e. The van der Waals surface area contributed by atoms with Gasteiger partial charge in [0.25, 0.3) is 0 Å². The van der Waals surface area contributed by atoms with Gasteiger partial charge in [0.05, 0.1) is 22.7 Å². The zero-order valence-electron chi connectivity index (χ0n) is 40.3. The highest BCUT2D eigenvalue weighted by Crippen LogP contribution is 2.56. The second-order valence-corrected chi connectivity index (χ2v) is 22.2. The van der Waals surface area contributed by atoms with Gasteiger partial charge in [0.1, 0.15) is 0 Å². The van der Waals surface area contributed by atoms with Crippen molar-refractivity contribution in [3.05, 3.63) is 254 Å². The summed E-state index contributed by atoms with van der Waals surface area (Å²) in [6, 6.07) is 91.0. The third-order valence-electron chi connectivity index (χ3n) is 15.6. The van der Waals surface area contributed by atoms with E-state index in [1.807, 2.05) is 23.5 Å². The molecule has 0 saturated carbocycles. The minimum atomic E-state index is -0.166. The van der Waals surface area contributed by atoms with Crippen LogP contribution in [0.15, 0.2) is 262 Å². The molecule has 1 aliphatic carbocycles. The molecule has 2 aliphatic heterocycles. The van der Waals surface area contributed by atoms with E-state index in [2.05, 4.69) is 266 Å². The summed E-state index contributed by atoms with van der Waals surface area (Å²) < 4.78 is 0. The molecule has 4 heteroatoms. The molecule has 0 saturated heterocycles. The number of fused-ring (bicyclic) bond motifs is 10. The van der Waals surface area contributed by atoms with Crippen LogP contribution in [0.4, 0.5) is 34.1 Å². The van der Waals surface area contributed by atoms with Crippen LogP contribution >= 0.6 is 23.5 Å². The van der Waals surface area contributed by atoms with Gasteiger partial charge >= 0.3 is 0 Å². The number of anilines is 6. The van der Waals surface area contributed by atoms with Gasteiger partial charge in [0, 0.05) is 36.4 Å². The van der Waals surface area contributed by atoms with Gasteiger partial charge in [-0.05, 0) is 179 Å². The van der Waals surface area contributed by atoms with Crippen molar-refractivity contribution in [1.29, 1.82) is 0 Å². The molecule has 15 rings (SSSR count). The lowest BCUT2D eigenvalue weighted by Crippen LogP contribution is -2.15. The molecule has 0 aromatic heterocycles. The molecule has 2 heterocycles. The van der Waals surface area contributed by atoms with Crippen molar-refractivity contribution < 1.29 is 0 Å². The van der Waals surface area contributed by atoms with Crippen molar-refractivity contribution in [2.75, 3.05) is 9.80 Å². The fourth-order valence-electron chi connectivity index (χ4n) is 12.2. The Bertz CT molecular complexity index is 4190. The largest absolute Gasteiger partial charge is 0.308 e. The van der Waals surface area contributed by atoms with Gasteiger partial charge in [0.15, 0.2) is 0 Å². The summed E-state index contributed by atoms with van der Waals surface area (Å²) in [5, 5.41) is 7.35. The standard InChI is InChI=1S/C69H46N2S2/c1-69(2)57-21-6-5-20-51(57)52-35-32-48(40-58(52)69)68-54-37-34-49(70-59-22-7-11-26-63(59)72-64-27-12-8-23-60(64)70)41-55(54)67(47-19-15-18-45(39-47)46-31-30-43-16-3-4-17-44(43)38-46)53-36-33-50(42-56(53)68)71-61-24-9-13-28-65(61)73-66-29-14-10-25-62(66)71/h3-42H,1-2H3. The minimum absolute atomic E-state index is 0.166. The Kier molecular flexibility index (Phi) is 9.51. The molecule has 0 spiro atoms. The SMILES string of the molecule is CC1(C)c2ccccc2-c2ccc(-c3c4ccc(N5c6ccccc6Sc6ccccc65)cc4c(-c4cccc(-c5ccc6ccccc6c5)c4)c4ccc(N5c6ccccc6Sc6ccccc65)cc34)cc21. The first-order chi connectivity index (χ1) is 35.9. The number of para-hydroxylation sites is 4. The molecule has 3 aliphatic rings. The number of benzene rings is 12. The molecule has 0 fully saturated rings. The van der Waals surface area contributed by atoms with Crippen molar-refractivity contribution in [3.63, 3.8) is 0 Å². The molecule has 0 radical (unpaired) electrons. The molecular weight excluding hydrogens is 921 g/mol. The van der Waals surface area contributed by atoms with Crippen molar-refractivity contribution in [3.8, 4) is 44.5 Å². The lowest BCUT2D eigenvalue weighted by molar-refractivity contribution is 0.660. The molecule has 12 aromatic carbocycles. The zero-order valence-corrected chi connectivity index (χ0v) is 41.9. The topological polar surface area (TPSA) is 6.48 Å². The lowest BCUT2D eigenvalue weighted by Gasteiger charge is -2.34. The monoisotopic (exact) mass is 966 g/mol. The highest BCUT2D eigenvalue weighted by atomic mass is 32.2. The first-order valence-corrected chi connectivity index (χ1v) is 26.8. The van der Waals surface area contributed by atoms with E-state index >= 15 is 0 Å². The Labute approximate surface area is 434 Å². The maximum absolute atomic E-state index is 2.51. The van der Waals surface area contributed by atoms with Crippen molar-refractivity contribution in [2.24, 2.45) is 0 Å². The van der Waals surface area contributed by atoms with Gasteiger partial charge in [-0.3, -0.25) is 0 Å². The number of nitrogens with zero attached hydrogens (tertiary/aromatic N) is 2. The maximum atomic E-state index is 2.51. The van der Waals surface area contributed by atoms with E-state index in [1.165, 1.54) is 130 Å². The second kappa shape index (κ2) is 16.4. The molecular formula is C69H46N2S2. The van der Waals surface area contributed by atoms with Crippen LogP contribution < -0.4 is 9.80 Å². The van der Waals surface area contributed by atoms with Crippen LogP contribution in [-0.4, -0.2) is 0 Å². The van der Waals surface area contributed by atoms with E-state index in [4.69, 9.17) is 0 Å². The molecule has 12 aromatic rings.